The number of aliphatic hydroxyl groups is 1. The number of hydrogen-bond acceptors (Lipinski definition) is 4. The first kappa shape index (κ1) is 19.7. The highest BCUT2D eigenvalue weighted by Crippen LogP contribution is 2.34. The van der Waals surface area contributed by atoms with Crippen molar-refractivity contribution in [1.82, 2.24) is 19.7 Å². The Bertz CT molecular complexity index is 975. The van der Waals surface area contributed by atoms with E-state index in [4.69, 9.17) is 0 Å². The molecular formula is C22H24F2N4O. The fourth-order valence-corrected chi connectivity index (χ4v) is 3.77. The van der Waals surface area contributed by atoms with Crippen LogP contribution in [0.3, 0.4) is 0 Å². The van der Waals surface area contributed by atoms with Gasteiger partial charge in [-0.3, -0.25) is 4.90 Å². The van der Waals surface area contributed by atoms with Gasteiger partial charge in [0, 0.05) is 30.8 Å². The molecule has 0 radical (unpaired) electrons. The minimum atomic E-state index is -1.59. The number of aromatic nitrogens is 3. The van der Waals surface area contributed by atoms with Crippen molar-refractivity contribution in [1.29, 1.82) is 0 Å². The van der Waals surface area contributed by atoms with E-state index in [1.54, 1.807) is 0 Å². The molecular weight excluding hydrogens is 374 g/mol. The summed E-state index contributed by atoms with van der Waals surface area (Å²) in [4.78, 5) is 6.10. The summed E-state index contributed by atoms with van der Waals surface area (Å²) >= 11 is 0. The van der Waals surface area contributed by atoms with Gasteiger partial charge in [-0.2, -0.15) is 5.10 Å². The first-order chi connectivity index (χ1) is 13.9. The molecule has 1 atom stereocenters. The molecule has 4 rings (SSSR count). The molecule has 1 aliphatic carbocycles. The van der Waals surface area contributed by atoms with Gasteiger partial charge in [0.25, 0.3) is 0 Å². The van der Waals surface area contributed by atoms with Gasteiger partial charge in [-0.25, -0.2) is 18.4 Å². The van der Waals surface area contributed by atoms with Gasteiger partial charge in [0.05, 0.1) is 6.54 Å². The predicted octanol–water partition coefficient (Wildman–Crippen LogP) is 3.42. The number of hydrogen-bond donors (Lipinski definition) is 1. The van der Waals surface area contributed by atoms with Crippen LogP contribution < -0.4 is 0 Å². The first-order valence-electron chi connectivity index (χ1n) is 9.73. The average molecular weight is 398 g/mol. The van der Waals surface area contributed by atoms with E-state index in [0.717, 1.165) is 18.9 Å². The van der Waals surface area contributed by atoms with Gasteiger partial charge < -0.3 is 5.11 Å². The lowest BCUT2D eigenvalue weighted by Gasteiger charge is -2.35. The lowest BCUT2D eigenvalue weighted by atomic mass is 9.91. The second-order valence-corrected chi connectivity index (χ2v) is 7.81. The van der Waals surface area contributed by atoms with Crippen LogP contribution in [0, 0.1) is 18.6 Å². The molecule has 152 valence electrons. The molecule has 5 nitrogen and oxygen atoms in total. The van der Waals surface area contributed by atoms with Gasteiger partial charge in [-0.1, -0.05) is 30.3 Å². The van der Waals surface area contributed by atoms with Gasteiger partial charge in [-0.05, 0) is 37.0 Å². The van der Waals surface area contributed by atoms with Crippen LogP contribution in [0.5, 0.6) is 0 Å². The molecule has 1 unspecified atom stereocenters. The summed E-state index contributed by atoms with van der Waals surface area (Å²) in [6.07, 6.45) is 4.93. The van der Waals surface area contributed by atoms with E-state index in [0.29, 0.717) is 12.6 Å². The maximum Gasteiger partial charge on any atom is 0.137 e. The van der Waals surface area contributed by atoms with Crippen LogP contribution in [-0.2, 0) is 18.7 Å². The van der Waals surface area contributed by atoms with Gasteiger partial charge in [0.15, 0.2) is 0 Å². The second kappa shape index (κ2) is 8.00. The van der Waals surface area contributed by atoms with Crippen molar-refractivity contribution in [3.8, 4) is 0 Å². The molecule has 29 heavy (non-hydrogen) atoms. The number of rotatable bonds is 8. The van der Waals surface area contributed by atoms with Crippen molar-refractivity contribution in [3.63, 3.8) is 0 Å². The molecule has 1 N–H and O–H groups in total. The Hall–Kier alpha value is -2.64. The van der Waals surface area contributed by atoms with E-state index in [1.165, 1.54) is 40.6 Å². The number of halogens is 2. The Labute approximate surface area is 168 Å². The molecule has 0 saturated heterocycles. The first-order valence-corrected chi connectivity index (χ1v) is 9.73. The summed E-state index contributed by atoms with van der Waals surface area (Å²) in [6, 6.07) is 11.8. The zero-order chi connectivity index (χ0) is 20.4. The van der Waals surface area contributed by atoms with E-state index >= 15 is 0 Å². The highest BCUT2D eigenvalue weighted by atomic mass is 19.1. The normalized spacial score (nSPS) is 16.2. The maximum absolute atomic E-state index is 14.7. The van der Waals surface area contributed by atoms with Crippen LogP contribution in [0.2, 0.25) is 0 Å². The standard InChI is InChI=1S/C22H24F2N4O/c1-16-4-2-3-5-17(16)11-27(19-7-8-19)12-22(29,13-28-15-25-14-26-28)20-9-6-18(23)10-21(20)24/h2-6,9-10,14-15,19,29H,7-8,11-13H2,1H3. The molecule has 0 amide bonds. The van der Waals surface area contributed by atoms with E-state index in [1.807, 2.05) is 12.1 Å². The molecule has 2 aromatic carbocycles. The number of aryl methyl sites for hydroxylation is 1. The fourth-order valence-electron chi connectivity index (χ4n) is 3.77. The Morgan fingerprint density at radius 1 is 1.21 bits per heavy atom. The Morgan fingerprint density at radius 3 is 2.66 bits per heavy atom. The molecule has 0 spiro atoms. The minimum absolute atomic E-state index is 0.0204. The van der Waals surface area contributed by atoms with Crippen LogP contribution in [0.25, 0.3) is 0 Å². The largest absolute Gasteiger partial charge is 0.382 e. The predicted molar refractivity (Wildman–Crippen MR) is 105 cm³/mol. The van der Waals surface area contributed by atoms with Gasteiger partial charge in [0.2, 0.25) is 0 Å². The molecule has 7 heteroatoms. The van der Waals surface area contributed by atoms with E-state index in [-0.39, 0.29) is 18.7 Å². The van der Waals surface area contributed by atoms with Crippen molar-refractivity contribution in [2.24, 2.45) is 0 Å². The lowest BCUT2D eigenvalue weighted by Crippen LogP contribution is -2.45. The fraction of sp³-hybridized carbons (Fsp3) is 0.364. The monoisotopic (exact) mass is 398 g/mol. The number of nitrogens with zero attached hydrogens (tertiary/aromatic N) is 4. The maximum atomic E-state index is 14.7. The third-order valence-corrected chi connectivity index (χ3v) is 5.49. The van der Waals surface area contributed by atoms with E-state index in [9.17, 15) is 13.9 Å². The summed E-state index contributed by atoms with van der Waals surface area (Å²) in [5.74, 6) is -1.44. The summed E-state index contributed by atoms with van der Waals surface area (Å²) < 4.78 is 29.6. The molecule has 1 aromatic heterocycles. The molecule has 0 aliphatic heterocycles. The summed E-state index contributed by atoms with van der Waals surface area (Å²) in [6.45, 7) is 2.93. The minimum Gasteiger partial charge on any atom is -0.382 e. The van der Waals surface area contributed by atoms with Crippen molar-refractivity contribution < 1.29 is 13.9 Å². The van der Waals surface area contributed by atoms with Gasteiger partial charge >= 0.3 is 0 Å². The summed E-state index contributed by atoms with van der Waals surface area (Å²) in [5, 5.41) is 15.7. The van der Waals surface area contributed by atoms with Crippen LogP contribution in [0.15, 0.2) is 55.1 Å². The Morgan fingerprint density at radius 2 is 2.00 bits per heavy atom. The van der Waals surface area contributed by atoms with Crippen molar-refractivity contribution >= 4 is 0 Å². The van der Waals surface area contributed by atoms with Gasteiger partial charge in [0.1, 0.15) is 29.9 Å². The van der Waals surface area contributed by atoms with E-state index in [2.05, 4.69) is 34.0 Å². The second-order valence-electron chi connectivity index (χ2n) is 7.81. The third-order valence-electron chi connectivity index (χ3n) is 5.49. The highest BCUT2D eigenvalue weighted by Gasteiger charge is 2.40. The molecule has 0 bridgehead atoms. The summed E-state index contributed by atoms with van der Waals surface area (Å²) in [5.41, 5.74) is 0.814. The highest BCUT2D eigenvalue weighted by molar-refractivity contribution is 5.28. The van der Waals surface area contributed by atoms with Crippen molar-refractivity contribution in [3.05, 3.63) is 83.4 Å². The molecule has 1 saturated carbocycles. The molecule has 3 aromatic rings. The Balaban J connectivity index is 1.67. The smallest absolute Gasteiger partial charge is 0.137 e. The molecule has 1 heterocycles. The third kappa shape index (κ3) is 4.52. The average Bonchev–Trinajstić information content (AvgIpc) is 3.40. The van der Waals surface area contributed by atoms with Crippen LogP contribution in [0.1, 0.15) is 29.5 Å². The van der Waals surface area contributed by atoms with Crippen molar-refractivity contribution in [2.45, 2.75) is 44.5 Å². The van der Waals surface area contributed by atoms with Crippen molar-refractivity contribution in [2.75, 3.05) is 6.54 Å². The Kier molecular flexibility index (Phi) is 5.43. The number of benzene rings is 2. The molecule has 1 aliphatic rings. The van der Waals surface area contributed by atoms with Crippen LogP contribution in [-0.4, -0.2) is 37.4 Å². The zero-order valence-corrected chi connectivity index (χ0v) is 16.3. The lowest BCUT2D eigenvalue weighted by molar-refractivity contribution is -0.0260. The summed E-state index contributed by atoms with van der Waals surface area (Å²) in [7, 11) is 0. The molecule has 1 fully saturated rings. The van der Waals surface area contributed by atoms with Gasteiger partial charge in [-0.15, -0.1) is 0 Å². The van der Waals surface area contributed by atoms with Crippen LogP contribution in [0.4, 0.5) is 8.78 Å². The zero-order valence-electron chi connectivity index (χ0n) is 16.3. The van der Waals surface area contributed by atoms with E-state index < -0.39 is 17.2 Å². The van der Waals surface area contributed by atoms with Crippen LogP contribution >= 0.6 is 0 Å². The quantitative estimate of drug-likeness (QED) is 0.632. The topological polar surface area (TPSA) is 54.2 Å². The SMILES string of the molecule is Cc1ccccc1CN(CC(O)(Cn1cncn1)c1ccc(F)cc1F)C1CC1.